The summed E-state index contributed by atoms with van der Waals surface area (Å²) in [5.74, 6) is -0.852. The van der Waals surface area contributed by atoms with Gasteiger partial charge in [-0.25, -0.2) is 14.6 Å². The zero-order valence-electron chi connectivity index (χ0n) is 16.8. The van der Waals surface area contributed by atoms with E-state index < -0.39 is 23.3 Å². The fraction of sp³-hybridized carbons (Fsp3) is 0.105. The van der Waals surface area contributed by atoms with E-state index in [0.717, 1.165) is 23.9 Å². The van der Waals surface area contributed by atoms with Crippen LogP contribution in [0.1, 0.15) is 16.1 Å². The minimum Gasteiger partial charge on any atom is -0.362 e. The summed E-state index contributed by atoms with van der Waals surface area (Å²) < 4.78 is 43.1. The van der Waals surface area contributed by atoms with Gasteiger partial charge in [0.05, 0.1) is 46.5 Å². The fourth-order valence-electron chi connectivity index (χ4n) is 3.33. The first kappa shape index (κ1) is 21.3. The molecule has 0 bridgehead atoms. The number of amides is 1. The molecule has 15 heteroatoms. The molecule has 4 aromatic rings. The summed E-state index contributed by atoms with van der Waals surface area (Å²) in [6.45, 7) is 0.0189. The number of carbonyl (C=O) groups excluding carboxylic acids is 1. The Kier molecular flexibility index (Phi) is 5.06. The molecular formula is C19H11F3N10OS. The van der Waals surface area contributed by atoms with Gasteiger partial charge in [0.15, 0.2) is 17.3 Å². The molecule has 4 aromatic heterocycles. The highest BCUT2D eigenvalue weighted by Crippen LogP contribution is 2.35. The van der Waals surface area contributed by atoms with E-state index in [0.29, 0.717) is 14.9 Å². The number of aromatic nitrogens is 7. The number of alkyl halides is 3. The maximum Gasteiger partial charge on any atom is 0.434 e. The van der Waals surface area contributed by atoms with Crippen molar-refractivity contribution in [1.82, 2.24) is 45.4 Å². The number of thiophene rings is 1. The molecule has 0 saturated heterocycles. The predicted octanol–water partition coefficient (Wildman–Crippen LogP) is 2.10. The summed E-state index contributed by atoms with van der Waals surface area (Å²) in [6, 6.07) is 3.58. The Hall–Kier alpha value is -4.58. The van der Waals surface area contributed by atoms with E-state index in [1.54, 1.807) is 11.4 Å². The van der Waals surface area contributed by atoms with Crippen LogP contribution >= 0.6 is 11.3 Å². The third kappa shape index (κ3) is 3.65. The monoisotopic (exact) mass is 484 g/mol. The number of carbonyl (C=O) groups is 1. The van der Waals surface area contributed by atoms with Gasteiger partial charge in [0.1, 0.15) is 12.4 Å². The molecule has 1 aliphatic heterocycles. The Bertz CT molecular complexity index is 1510. The molecule has 0 atom stereocenters. The number of dihydropyridines is 1. The molecule has 170 valence electrons. The van der Waals surface area contributed by atoms with Gasteiger partial charge in [-0.15, -0.1) is 16.1 Å². The third-order valence-corrected chi connectivity index (χ3v) is 5.64. The van der Waals surface area contributed by atoms with Gasteiger partial charge in [0, 0.05) is 5.70 Å². The van der Waals surface area contributed by atoms with Crippen LogP contribution in [0.25, 0.3) is 21.9 Å². The molecule has 5 heterocycles. The molecule has 5 rings (SSSR count). The lowest BCUT2D eigenvalue weighted by molar-refractivity contribution is -0.143. The topological polar surface area (TPSA) is 139 Å². The molecule has 11 nitrogen and oxygen atoms in total. The number of rotatable bonds is 4. The van der Waals surface area contributed by atoms with Gasteiger partial charge in [-0.05, 0) is 17.5 Å². The highest BCUT2D eigenvalue weighted by atomic mass is 32.1. The fourth-order valence-corrected chi connectivity index (χ4v) is 4.15. The number of nitriles is 1. The lowest BCUT2D eigenvalue weighted by atomic mass is 10.1. The van der Waals surface area contributed by atoms with Gasteiger partial charge in [0.2, 0.25) is 0 Å². The minimum atomic E-state index is -4.91. The highest BCUT2D eigenvalue weighted by Gasteiger charge is 2.41. The summed E-state index contributed by atoms with van der Waals surface area (Å²) in [7, 11) is 0. The standard InChI is InChI=1S/C19H11F3N10OS/c20-19(21,22)15-12(8-29-31(15)17-14-13(1-4-34-14)25-9-26-17)18(33)30-11-5-10(6-23)16(24-7-11)32-27-2-3-28-32/h1-5,8-9,24H,7H2,(H,30,33). The van der Waals surface area contributed by atoms with Gasteiger partial charge < -0.3 is 10.6 Å². The number of hydrogen-bond donors (Lipinski definition) is 2. The predicted molar refractivity (Wildman–Crippen MR) is 112 cm³/mol. The summed E-state index contributed by atoms with van der Waals surface area (Å²) in [4.78, 5) is 22.0. The molecule has 34 heavy (non-hydrogen) atoms. The van der Waals surface area contributed by atoms with E-state index in [-0.39, 0.29) is 29.5 Å². The molecule has 0 fully saturated rings. The lowest BCUT2D eigenvalue weighted by Crippen LogP contribution is -2.34. The number of nitrogens with zero attached hydrogens (tertiary/aromatic N) is 8. The van der Waals surface area contributed by atoms with Crippen molar-refractivity contribution in [2.24, 2.45) is 0 Å². The first-order valence-electron chi connectivity index (χ1n) is 9.47. The van der Waals surface area contributed by atoms with E-state index >= 15 is 0 Å². The van der Waals surface area contributed by atoms with Crippen LogP contribution in [0.5, 0.6) is 0 Å². The summed E-state index contributed by atoms with van der Waals surface area (Å²) in [6.07, 6.45) is 1.23. The molecule has 1 aliphatic rings. The third-order valence-electron chi connectivity index (χ3n) is 4.74. The molecule has 0 unspecified atom stereocenters. The first-order valence-corrected chi connectivity index (χ1v) is 10.4. The summed E-state index contributed by atoms with van der Waals surface area (Å²) in [5, 5.41) is 28.1. The Morgan fingerprint density at radius 3 is 2.76 bits per heavy atom. The minimum absolute atomic E-state index is 0.0189. The van der Waals surface area contributed by atoms with Gasteiger partial charge in [-0.1, -0.05) is 0 Å². The van der Waals surface area contributed by atoms with Crippen LogP contribution in [-0.4, -0.2) is 47.2 Å². The van der Waals surface area contributed by atoms with Crippen LogP contribution in [0.4, 0.5) is 13.2 Å². The molecular weight excluding hydrogens is 473 g/mol. The van der Waals surface area contributed by atoms with Crippen molar-refractivity contribution in [2.45, 2.75) is 6.18 Å². The molecule has 2 N–H and O–H groups in total. The SMILES string of the molecule is N#CC1=C(n2nccn2)NCC(NC(=O)c2cnn(-c3ncnc4ccsc34)c2C(F)(F)F)=C1. The smallest absolute Gasteiger partial charge is 0.362 e. The normalized spacial score (nSPS) is 14.0. The largest absolute Gasteiger partial charge is 0.434 e. The summed E-state index contributed by atoms with van der Waals surface area (Å²) >= 11 is 1.16. The molecule has 0 aromatic carbocycles. The number of nitrogens with one attached hydrogen (secondary N) is 2. The second kappa shape index (κ2) is 8.08. The Morgan fingerprint density at radius 2 is 2.03 bits per heavy atom. The average molecular weight is 484 g/mol. The lowest BCUT2D eigenvalue weighted by Gasteiger charge is -2.19. The molecule has 0 radical (unpaired) electrons. The van der Waals surface area contributed by atoms with E-state index in [1.165, 1.54) is 23.3 Å². The van der Waals surface area contributed by atoms with Gasteiger partial charge in [-0.2, -0.15) is 33.7 Å². The van der Waals surface area contributed by atoms with Crippen LogP contribution in [-0.2, 0) is 6.18 Å². The Balaban J connectivity index is 1.51. The van der Waals surface area contributed by atoms with Crippen LogP contribution < -0.4 is 10.6 Å². The van der Waals surface area contributed by atoms with Crippen molar-refractivity contribution in [3.05, 3.63) is 65.0 Å². The molecule has 0 aliphatic carbocycles. The van der Waals surface area contributed by atoms with Crippen molar-refractivity contribution in [1.29, 1.82) is 5.26 Å². The van der Waals surface area contributed by atoms with Crippen molar-refractivity contribution < 1.29 is 18.0 Å². The van der Waals surface area contributed by atoms with E-state index in [9.17, 15) is 23.2 Å². The number of fused-ring (bicyclic) bond motifs is 1. The maximum absolute atomic E-state index is 14.0. The highest BCUT2D eigenvalue weighted by molar-refractivity contribution is 7.17. The van der Waals surface area contributed by atoms with Crippen LogP contribution in [0.15, 0.2) is 53.7 Å². The van der Waals surface area contributed by atoms with Crippen molar-refractivity contribution in [2.75, 3.05) is 6.54 Å². The number of hydrogen-bond acceptors (Lipinski definition) is 9. The Morgan fingerprint density at radius 1 is 1.24 bits per heavy atom. The second-order valence-corrected chi connectivity index (χ2v) is 7.73. The number of allylic oxidation sites excluding steroid dienone is 2. The second-order valence-electron chi connectivity index (χ2n) is 6.82. The average Bonchev–Trinajstić information content (AvgIpc) is 3.58. The first-order chi connectivity index (χ1) is 16.4. The van der Waals surface area contributed by atoms with Crippen molar-refractivity contribution in [3.8, 4) is 11.9 Å². The Labute approximate surface area is 191 Å². The zero-order chi connectivity index (χ0) is 23.9. The van der Waals surface area contributed by atoms with E-state index in [4.69, 9.17) is 0 Å². The van der Waals surface area contributed by atoms with Crippen LogP contribution in [0.2, 0.25) is 0 Å². The van der Waals surface area contributed by atoms with Crippen LogP contribution in [0, 0.1) is 11.3 Å². The molecule has 0 saturated carbocycles. The zero-order valence-corrected chi connectivity index (χ0v) is 17.6. The van der Waals surface area contributed by atoms with Gasteiger partial charge in [-0.3, -0.25) is 4.79 Å². The van der Waals surface area contributed by atoms with E-state index in [1.807, 2.05) is 6.07 Å². The van der Waals surface area contributed by atoms with Gasteiger partial charge in [0.25, 0.3) is 5.91 Å². The van der Waals surface area contributed by atoms with Crippen LogP contribution in [0.3, 0.4) is 0 Å². The molecule has 0 spiro atoms. The quantitative estimate of drug-likeness (QED) is 0.449. The number of halogens is 3. The summed E-state index contributed by atoms with van der Waals surface area (Å²) in [5.41, 5.74) is -1.24. The maximum atomic E-state index is 14.0. The van der Waals surface area contributed by atoms with E-state index in [2.05, 4.69) is 35.9 Å². The van der Waals surface area contributed by atoms with Crippen molar-refractivity contribution in [3.63, 3.8) is 0 Å². The molecule has 1 amide bonds. The van der Waals surface area contributed by atoms with Crippen molar-refractivity contribution >= 4 is 33.3 Å². The van der Waals surface area contributed by atoms with Gasteiger partial charge >= 0.3 is 6.18 Å².